The standard InChI is InChI=1S/C13H15ClF2N2O.ClH/c1-7-4-8(2-3-17-7)18-13(19)9-5-11(15)12(16)6-10(9)14;/h5-8,17H,2-4H2,1H3,(H,18,19);1H. The van der Waals surface area contributed by atoms with Crippen LogP contribution in [0.2, 0.25) is 5.02 Å². The highest BCUT2D eigenvalue weighted by molar-refractivity contribution is 6.33. The van der Waals surface area contributed by atoms with E-state index in [9.17, 15) is 13.6 Å². The van der Waals surface area contributed by atoms with Gasteiger partial charge < -0.3 is 10.6 Å². The quantitative estimate of drug-likeness (QED) is 0.821. The number of carbonyl (C=O) groups is 1. The van der Waals surface area contributed by atoms with E-state index in [2.05, 4.69) is 10.6 Å². The lowest BCUT2D eigenvalue weighted by Crippen LogP contribution is -2.46. The monoisotopic (exact) mass is 324 g/mol. The number of benzene rings is 1. The molecule has 1 aromatic rings. The van der Waals surface area contributed by atoms with Crippen LogP contribution in [0.1, 0.15) is 30.1 Å². The number of rotatable bonds is 2. The van der Waals surface area contributed by atoms with Crippen LogP contribution < -0.4 is 10.6 Å². The van der Waals surface area contributed by atoms with Gasteiger partial charge in [-0.1, -0.05) is 11.6 Å². The van der Waals surface area contributed by atoms with Crippen molar-refractivity contribution in [3.05, 3.63) is 34.4 Å². The lowest BCUT2D eigenvalue weighted by Gasteiger charge is -2.28. The van der Waals surface area contributed by atoms with E-state index in [1.165, 1.54) is 0 Å². The maximum atomic E-state index is 13.1. The fraction of sp³-hybridized carbons (Fsp3) is 0.462. The molecule has 1 fully saturated rings. The van der Waals surface area contributed by atoms with E-state index in [4.69, 9.17) is 11.6 Å². The predicted molar refractivity (Wildman–Crippen MR) is 76.6 cm³/mol. The van der Waals surface area contributed by atoms with Gasteiger partial charge in [0, 0.05) is 12.1 Å². The van der Waals surface area contributed by atoms with Crippen LogP contribution in [-0.2, 0) is 0 Å². The molecule has 1 amide bonds. The molecule has 0 radical (unpaired) electrons. The van der Waals surface area contributed by atoms with Gasteiger partial charge in [0.25, 0.3) is 5.91 Å². The number of piperidine rings is 1. The number of hydrogen-bond donors (Lipinski definition) is 2. The Bertz CT molecular complexity index is 500. The summed E-state index contributed by atoms with van der Waals surface area (Å²) in [7, 11) is 0. The minimum absolute atomic E-state index is 0. The molecule has 112 valence electrons. The molecule has 1 saturated heterocycles. The van der Waals surface area contributed by atoms with Crippen molar-refractivity contribution in [3.63, 3.8) is 0 Å². The summed E-state index contributed by atoms with van der Waals surface area (Å²) < 4.78 is 26.1. The van der Waals surface area contributed by atoms with E-state index < -0.39 is 17.5 Å². The normalized spacial score (nSPS) is 22.0. The van der Waals surface area contributed by atoms with Crippen LogP contribution in [-0.4, -0.2) is 24.5 Å². The van der Waals surface area contributed by atoms with Crippen LogP contribution in [0.15, 0.2) is 12.1 Å². The summed E-state index contributed by atoms with van der Waals surface area (Å²) in [6.45, 7) is 2.85. The Morgan fingerprint density at radius 1 is 1.40 bits per heavy atom. The summed E-state index contributed by atoms with van der Waals surface area (Å²) >= 11 is 5.76. The van der Waals surface area contributed by atoms with Gasteiger partial charge in [0.15, 0.2) is 11.6 Å². The van der Waals surface area contributed by atoms with Crippen LogP contribution in [0.3, 0.4) is 0 Å². The van der Waals surface area contributed by atoms with Gasteiger partial charge in [-0.25, -0.2) is 8.78 Å². The first kappa shape index (κ1) is 17.1. The SMILES string of the molecule is CC1CC(NC(=O)c2cc(F)c(F)cc2Cl)CCN1.Cl. The second kappa shape index (κ2) is 7.20. The molecule has 0 aromatic heterocycles. The Hall–Kier alpha value is -0.910. The predicted octanol–water partition coefficient (Wildman–Crippen LogP) is 2.91. The van der Waals surface area contributed by atoms with Gasteiger partial charge in [0.05, 0.1) is 10.6 Å². The zero-order valence-corrected chi connectivity index (χ0v) is 12.5. The maximum Gasteiger partial charge on any atom is 0.253 e. The van der Waals surface area contributed by atoms with Crippen molar-refractivity contribution >= 4 is 29.9 Å². The number of nitrogens with one attached hydrogen (secondary N) is 2. The highest BCUT2D eigenvalue weighted by atomic mass is 35.5. The Balaban J connectivity index is 0.00000200. The largest absolute Gasteiger partial charge is 0.349 e. The van der Waals surface area contributed by atoms with Crippen LogP contribution in [0, 0.1) is 11.6 Å². The van der Waals surface area contributed by atoms with Gasteiger partial charge in [-0.15, -0.1) is 12.4 Å². The molecule has 2 unspecified atom stereocenters. The third-order valence-electron chi connectivity index (χ3n) is 3.21. The summed E-state index contributed by atoms with van der Waals surface area (Å²) in [5, 5.41) is 5.98. The van der Waals surface area contributed by atoms with Crippen LogP contribution in [0.5, 0.6) is 0 Å². The van der Waals surface area contributed by atoms with E-state index in [0.717, 1.165) is 31.5 Å². The van der Waals surface area contributed by atoms with Crippen LogP contribution >= 0.6 is 24.0 Å². The minimum Gasteiger partial charge on any atom is -0.349 e. The third-order valence-corrected chi connectivity index (χ3v) is 3.53. The molecule has 2 rings (SSSR count). The molecular formula is C13H16Cl2F2N2O. The van der Waals surface area contributed by atoms with Crippen molar-refractivity contribution in [2.75, 3.05) is 6.54 Å². The van der Waals surface area contributed by atoms with Gasteiger partial charge in [0.2, 0.25) is 0 Å². The zero-order chi connectivity index (χ0) is 14.0. The van der Waals surface area contributed by atoms with Crippen molar-refractivity contribution in [1.82, 2.24) is 10.6 Å². The summed E-state index contributed by atoms with van der Waals surface area (Å²) in [6, 6.07) is 1.99. The Kier molecular flexibility index (Phi) is 6.17. The zero-order valence-electron chi connectivity index (χ0n) is 10.9. The second-order valence-corrected chi connectivity index (χ2v) is 5.20. The molecule has 0 saturated carbocycles. The van der Waals surface area contributed by atoms with E-state index in [1.807, 2.05) is 6.92 Å². The van der Waals surface area contributed by atoms with Crippen LogP contribution in [0.25, 0.3) is 0 Å². The molecule has 2 N–H and O–H groups in total. The molecule has 7 heteroatoms. The highest BCUT2D eigenvalue weighted by Crippen LogP contribution is 2.20. The molecular weight excluding hydrogens is 309 g/mol. The molecule has 20 heavy (non-hydrogen) atoms. The van der Waals surface area contributed by atoms with Crippen molar-refractivity contribution < 1.29 is 13.6 Å². The average Bonchev–Trinajstić information content (AvgIpc) is 2.33. The number of carbonyl (C=O) groups excluding carboxylic acids is 1. The summed E-state index contributed by atoms with van der Waals surface area (Å²) in [6.07, 6.45) is 1.60. The summed E-state index contributed by atoms with van der Waals surface area (Å²) in [5.41, 5.74) is -0.0354. The molecule has 1 aliphatic heterocycles. The molecule has 0 spiro atoms. The summed E-state index contributed by atoms with van der Waals surface area (Å²) in [4.78, 5) is 12.0. The molecule has 0 bridgehead atoms. The topological polar surface area (TPSA) is 41.1 Å². The first-order chi connectivity index (χ1) is 8.97. The van der Waals surface area contributed by atoms with E-state index in [1.54, 1.807) is 0 Å². The van der Waals surface area contributed by atoms with Crippen molar-refractivity contribution in [1.29, 1.82) is 0 Å². The molecule has 1 heterocycles. The van der Waals surface area contributed by atoms with Crippen molar-refractivity contribution in [2.24, 2.45) is 0 Å². The second-order valence-electron chi connectivity index (χ2n) is 4.80. The molecule has 2 atom stereocenters. The smallest absolute Gasteiger partial charge is 0.253 e. The van der Waals surface area contributed by atoms with Crippen molar-refractivity contribution in [2.45, 2.75) is 31.8 Å². The third kappa shape index (κ3) is 4.04. The van der Waals surface area contributed by atoms with Gasteiger partial charge in [0.1, 0.15) is 0 Å². The van der Waals surface area contributed by atoms with Crippen molar-refractivity contribution in [3.8, 4) is 0 Å². The molecule has 1 aliphatic rings. The highest BCUT2D eigenvalue weighted by Gasteiger charge is 2.22. The summed E-state index contributed by atoms with van der Waals surface area (Å²) in [5.74, 6) is -2.60. The first-order valence-electron chi connectivity index (χ1n) is 6.16. The van der Waals surface area contributed by atoms with E-state index in [-0.39, 0.29) is 29.0 Å². The molecule has 1 aromatic carbocycles. The van der Waals surface area contributed by atoms with Crippen LogP contribution in [0.4, 0.5) is 8.78 Å². The Morgan fingerprint density at radius 3 is 2.70 bits per heavy atom. The Labute approximate surface area is 127 Å². The van der Waals surface area contributed by atoms with Gasteiger partial charge in [-0.3, -0.25) is 4.79 Å². The minimum atomic E-state index is -1.08. The average molecular weight is 325 g/mol. The fourth-order valence-electron chi connectivity index (χ4n) is 2.22. The van der Waals surface area contributed by atoms with E-state index >= 15 is 0 Å². The molecule has 3 nitrogen and oxygen atoms in total. The first-order valence-corrected chi connectivity index (χ1v) is 6.54. The lowest BCUT2D eigenvalue weighted by atomic mass is 10.0. The van der Waals surface area contributed by atoms with Gasteiger partial charge in [-0.05, 0) is 38.4 Å². The lowest BCUT2D eigenvalue weighted by molar-refractivity contribution is 0.0925. The molecule has 0 aliphatic carbocycles. The fourth-order valence-corrected chi connectivity index (χ4v) is 2.46. The maximum absolute atomic E-state index is 13.1. The number of halogens is 4. The number of amides is 1. The Morgan fingerprint density at radius 2 is 2.05 bits per heavy atom. The van der Waals surface area contributed by atoms with E-state index in [0.29, 0.717) is 6.04 Å². The van der Waals surface area contributed by atoms with Gasteiger partial charge >= 0.3 is 0 Å². The van der Waals surface area contributed by atoms with Gasteiger partial charge in [-0.2, -0.15) is 0 Å². The number of hydrogen-bond acceptors (Lipinski definition) is 2.